The predicted molar refractivity (Wildman–Crippen MR) is 73.2 cm³/mol. The fourth-order valence-corrected chi connectivity index (χ4v) is 2.28. The van der Waals surface area contributed by atoms with E-state index in [2.05, 4.69) is 20.6 Å². The highest BCUT2D eigenvalue weighted by Crippen LogP contribution is 2.26. The first-order chi connectivity index (χ1) is 9.84. The van der Waals surface area contributed by atoms with Crippen molar-refractivity contribution in [1.82, 2.24) is 20.6 Å². The molecule has 1 N–H and O–H groups in total. The number of benzene rings is 2. The van der Waals surface area contributed by atoms with Crippen molar-refractivity contribution in [3.05, 3.63) is 52.7 Å². The molecule has 0 aliphatic carbocycles. The number of hydrogen-bond acceptors (Lipinski definition) is 5. The average molecular weight is 264 g/mol. The second-order valence-corrected chi connectivity index (χ2v) is 4.35. The molecule has 20 heavy (non-hydrogen) atoms. The number of para-hydroxylation sites is 2. The van der Waals surface area contributed by atoms with E-state index in [1.165, 1.54) is 0 Å². The number of rotatable bonds is 1. The summed E-state index contributed by atoms with van der Waals surface area (Å²) >= 11 is 0. The molecule has 6 heteroatoms. The van der Waals surface area contributed by atoms with Crippen LogP contribution in [0.5, 0.6) is 0 Å². The van der Waals surface area contributed by atoms with Gasteiger partial charge in [0.15, 0.2) is 0 Å². The first-order valence-corrected chi connectivity index (χ1v) is 6.03. The van der Waals surface area contributed by atoms with Crippen LogP contribution in [0, 0.1) is 0 Å². The molecule has 2 heterocycles. The van der Waals surface area contributed by atoms with Crippen LogP contribution < -0.4 is 5.43 Å². The quantitative estimate of drug-likeness (QED) is 0.532. The Morgan fingerprint density at radius 1 is 1.00 bits per heavy atom. The van der Waals surface area contributed by atoms with Crippen molar-refractivity contribution in [3.63, 3.8) is 0 Å². The van der Waals surface area contributed by atoms with Crippen molar-refractivity contribution < 1.29 is 4.42 Å². The number of hydrogen-bond donors (Lipinski definition) is 1. The van der Waals surface area contributed by atoms with Crippen molar-refractivity contribution >= 4 is 21.9 Å². The van der Waals surface area contributed by atoms with Gasteiger partial charge in [0, 0.05) is 0 Å². The molecule has 4 aromatic rings. The summed E-state index contributed by atoms with van der Waals surface area (Å²) in [5.41, 5.74) is 1.59. The minimum Gasteiger partial charge on any atom is -0.455 e. The molecule has 6 nitrogen and oxygen atoms in total. The number of tetrazole rings is 1. The summed E-state index contributed by atoms with van der Waals surface area (Å²) in [5, 5.41) is 14.9. The Morgan fingerprint density at radius 2 is 1.85 bits per heavy atom. The lowest BCUT2D eigenvalue weighted by atomic mass is 10.1. The maximum Gasteiger partial charge on any atom is 0.208 e. The highest BCUT2D eigenvalue weighted by molar-refractivity contribution is 5.96. The van der Waals surface area contributed by atoms with Crippen LogP contribution in [0.4, 0.5) is 0 Å². The van der Waals surface area contributed by atoms with E-state index in [0.29, 0.717) is 33.3 Å². The molecule has 0 aliphatic rings. The number of H-pyrrole nitrogens is 1. The standard InChI is InChI=1S/C14H8N4O2/c19-12-8-4-1-2-7-11(8)20-13-9(12)5-3-6-10(13)14-15-17-18-16-14/h1-7H,(H,15,16,17,18). The third kappa shape index (κ3) is 1.45. The molecule has 0 saturated carbocycles. The Balaban J connectivity index is 2.21. The summed E-state index contributed by atoms with van der Waals surface area (Å²) in [5.74, 6) is 0.397. The van der Waals surface area contributed by atoms with Crippen molar-refractivity contribution in [1.29, 1.82) is 0 Å². The molecule has 0 spiro atoms. The molecule has 0 amide bonds. The van der Waals surface area contributed by atoms with Gasteiger partial charge in [-0.05, 0) is 29.5 Å². The minimum absolute atomic E-state index is 0.0628. The topological polar surface area (TPSA) is 84.7 Å². The maximum absolute atomic E-state index is 12.5. The monoisotopic (exact) mass is 264 g/mol. The average Bonchev–Trinajstić information content (AvgIpc) is 3.01. The largest absolute Gasteiger partial charge is 0.455 e. The summed E-state index contributed by atoms with van der Waals surface area (Å²) in [6.07, 6.45) is 0. The van der Waals surface area contributed by atoms with Crippen LogP contribution in [0.3, 0.4) is 0 Å². The van der Waals surface area contributed by atoms with Gasteiger partial charge >= 0.3 is 0 Å². The maximum atomic E-state index is 12.5. The molecule has 2 aromatic carbocycles. The van der Waals surface area contributed by atoms with Crippen molar-refractivity contribution in [2.45, 2.75) is 0 Å². The Morgan fingerprint density at radius 3 is 2.70 bits per heavy atom. The lowest BCUT2D eigenvalue weighted by Gasteiger charge is -2.03. The van der Waals surface area contributed by atoms with E-state index in [9.17, 15) is 4.79 Å². The molecule has 0 fully saturated rings. The van der Waals surface area contributed by atoms with Crippen LogP contribution >= 0.6 is 0 Å². The molecule has 0 saturated heterocycles. The van der Waals surface area contributed by atoms with Crippen LogP contribution in [0.15, 0.2) is 51.7 Å². The second-order valence-electron chi connectivity index (χ2n) is 4.35. The fourth-order valence-electron chi connectivity index (χ4n) is 2.28. The molecular weight excluding hydrogens is 256 g/mol. The van der Waals surface area contributed by atoms with Crippen molar-refractivity contribution in [2.24, 2.45) is 0 Å². The smallest absolute Gasteiger partial charge is 0.208 e. The summed E-state index contributed by atoms with van der Waals surface area (Å²) in [7, 11) is 0. The molecule has 0 atom stereocenters. The number of nitrogens with one attached hydrogen (secondary N) is 1. The van der Waals surface area contributed by atoms with E-state index in [1.54, 1.807) is 30.3 Å². The lowest BCUT2D eigenvalue weighted by molar-refractivity contribution is 0.660. The zero-order chi connectivity index (χ0) is 13.5. The lowest BCUT2D eigenvalue weighted by Crippen LogP contribution is -2.02. The Hall–Kier alpha value is -3.02. The first-order valence-electron chi connectivity index (χ1n) is 6.03. The number of nitrogens with zero attached hydrogens (tertiary/aromatic N) is 3. The SMILES string of the molecule is O=c1c2ccccc2oc2c(-c3nn[nH]n3)cccc12. The van der Waals surface area contributed by atoms with Crippen LogP contribution in [0.2, 0.25) is 0 Å². The number of aromatic nitrogens is 4. The van der Waals surface area contributed by atoms with Crippen LogP contribution in [0.25, 0.3) is 33.3 Å². The summed E-state index contributed by atoms with van der Waals surface area (Å²) in [6.45, 7) is 0. The van der Waals surface area contributed by atoms with E-state index in [4.69, 9.17) is 4.42 Å². The van der Waals surface area contributed by atoms with Gasteiger partial charge in [-0.15, -0.1) is 10.2 Å². The molecule has 0 radical (unpaired) electrons. The third-order valence-electron chi connectivity index (χ3n) is 3.19. The van der Waals surface area contributed by atoms with Crippen molar-refractivity contribution in [3.8, 4) is 11.4 Å². The van der Waals surface area contributed by atoms with Gasteiger partial charge in [-0.1, -0.05) is 18.2 Å². The van der Waals surface area contributed by atoms with Crippen molar-refractivity contribution in [2.75, 3.05) is 0 Å². The third-order valence-corrected chi connectivity index (χ3v) is 3.19. The highest BCUT2D eigenvalue weighted by atomic mass is 16.3. The molecule has 0 bridgehead atoms. The van der Waals surface area contributed by atoms with Gasteiger partial charge in [0.25, 0.3) is 0 Å². The van der Waals surface area contributed by atoms with E-state index in [0.717, 1.165) is 0 Å². The zero-order valence-electron chi connectivity index (χ0n) is 10.2. The molecule has 4 rings (SSSR count). The van der Waals surface area contributed by atoms with E-state index >= 15 is 0 Å². The van der Waals surface area contributed by atoms with E-state index in [1.807, 2.05) is 12.1 Å². The van der Waals surface area contributed by atoms with Crippen LogP contribution in [0.1, 0.15) is 0 Å². The van der Waals surface area contributed by atoms with Gasteiger partial charge < -0.3 is 4.42 Å². The molecular formula is C14H8N4O2. The van der Waals surface area contributed by atoms with Gasteiger partial charge in [-0.3, -0.25) is 4.79 Å². The van der Waals surface area contributed by atoms with E-state index in [-0.39, 0.29) is 5.43 Å². The van der Waals surface area contributed by atoms with Gasteiger partial charge in [0.1, 0.15) is 11.2 Å². The first kappa shape index (κ1) is 10.9. The van der Waals surface area contributed by atoms with Gasteiger partial charge in [-0.2, -0.15) is 5.21 Å². The van der Waals surface area contributed by atoms with Crippen LogP contribution in [-0.4, -0.2) is 20.6 Å². The summed E-state index contributed by atoms with van der Waals surface area (Å²) in [4.78, 5) is 12.5. The Kier molecular flexibility index (Phi) is 2.17. The summed E-state index contributed by atoms with van der Waals surface area (Å²) < 4.78 is 5.86. The van der Waals surface area contributed by atoms with Gasteiger partial charge in [0.05, 0.1) is 16.3 Å². The fraction of sp³-hybridized carbons (Fsp3) is 0. The number of fused-ring (bicyclic) bond motifs is 2. The van der Waals surface area contributed by atoms with Crippen LogP contribution in [-0.2, 0) is 0 Å². The normalized spacial score (nSPS) is 11.2. The molecule has 96 valence electrons. The van der Waals surface area contributed by atoms with E-state index < -0.39 is 0 Å². The van der Waals surface area contributed by atoms with Gasteiger partial charge in [0.2, 0.25) is 11.3 Å². The number of aromatic amines is 1. The molecule has 0 unspecified atom stereocenters. The predicted octanol–water partition coefficient (Wildman–Crippen LogP) is 2.13. The summed E-state index contributed by atoms with van der Waals surface area (Å²) in [6, 6.07) is 12.5. The Bertz CT molecular complexity index is 973. The highest BCUT2D eigenvalue weighted by Gasteiger charge is 2.14. The molecule has 2 aromatic heterocycles. The zero-order valence-corrected chi connectivity index (χ0v) is 10.2. The Labute approximate surface area is 112 Å². The molecule has 0 aliphatic heterocycles. The second kappa shape index (κ2) is 3.99. The van der Waals surface area contributed by atoms with Gasteiger partial charge in [-0.25, -0.2) is 0 Å². The minimum atomic E-state index is -0.0628.